The average molecular weight is 236 g/mol. The van der Waals surface area contributed by atoms with Gasteiger partial charge in [-0.2, -0.15) is 0 Å². The molecule has 1 aliphatic rings. The van der Waals surface area contributed by atoms with Crippen molar-refractivity contribution >= 4 is 5.78 Å². The first kappa shape index (κ1) is 12.2. The highest BCUT2D eigenvalue weighted by Crippen LogP contribution is 2.08. The molecule has 4 heteroatoms. The summed E-state index contributed by atoms with van der Waals surface area (Å²) in [6.07, 6.45) is 0.191. The number of Topliss-reactive ketones (excluding diaryl/α,β-unsaturated/α-hetero) is 1. The van der Waals surface area contributed by atoms with E-state index >= 15 is 0 Å². The van der Waals surface area contributed by atoms with Crippen LogP contribution >= 0.6 is 0 Å². The van der Waals surface area contributed by atoms with Gasteiger partial charge >= 0.3 is 0 Å². The van der Waals surface area contributed by atoms with Crippen molar-refractivity contribution in [1.82, 2.24) is 10.2 Å². The number of piperazine rings is 1. The summed E-state index contributed by atoms with van der Waals surface area (Å²) < 4.78 is 13.4. The van der Waals surface area contributed by atoms with Crippen LogP contribution in [-0.2, 0) is 11.2 Å². The predicted octanol–water partition coefficient (Wildman–Crippen LogP) is 0.842. The molecule has 0 radical (unpaired) electrons. The van der Waals surface area contributed by atoms with Crippen LogP contribution in [0.1, 0.15) is 5.56 Å². The molecule has 0 spiro atoms. The van der Waals surface area contributed by atoms with E-state index in [2.05, 4.69) is 10.2 Å². The fourth-order valence-electron chi connectivity index (χ4n) is 2.03. The van der Waals surface area contributed by atoms with E-state index in [0.717, 1.165) is 26.2 Å². The van der Waals surface area contributed by atoms with Crippen LogP contribution in [0.15, 0.2) is 24.3 Å². The van der Waals surface area contributed by atoms with Crippen molar-refractivity contribution < 1.29 is 9.18 Å². The molecule has 0 unspecified atom stereocenters. The molecule has 0 aliphatic carbocycles. The van der Waals surface area contributed by atoms with Crippen molar-refractivity contribution in [3.05, 3.63) is 35.6 Å². The maximum Gasteiger partial charge on any atom is 0.151 e. The van der Waals surface area contributed by atoms with Gasteiger partial charge in [-0.25, -0.2) is 4.39 Å². The van der Waals surface area contributed by atoms with E-state index in [4.69, 9.17) is 0 Å². The Morgan fingerprint density at radius 1 is 1.29 bits per heavy atom. The smallest absolute Gasteiger partial charge is 0.151 e. The minimum Gasteiger partial charge on any atom is -0.314 e. The van der Waals surface area contributed by atoms with Gasteiger partial charge in [0, 0.05) is 32.6 Å². The number of hydrogen-bond acceptors (Lipinski definition) is 3. The first-order chi connectivity index (χ1) is 8.25. The highest BCUT2D eigenvalue weighted by atomic mass is 19.1. The van der Waals surface area contributed by atoms with E-state index in [-0.39, 0.29) is 18.0 Å². The van der Waals surface area contributed by atoms with E-state index < -0.39 is 0 Å². The Morgan fingerprint density at radius 3 is 2.71 bits per heavy atom. The highest BCUT2D eigenvalue weighted by Gasteiger charge is 2.14. The fraction of sp³-hybridized carbons (Fsp3) is 0.462. The van der Waals surface area contributed by atoms with Gasteiger partial charge in [-0.05, 0) is 11.6 Å². The number of nitrogens with one attached hydrogen (secondary N) is 1. The van der Waals surface area contributed by atoms with E-state index in [0.29, 0.717) is 12.1 Å². The lowest BCUT2D eigenvalue weighted by atomic mass is 10.1. The molecule has 0 bridgehead atoms. The maximum absolute atomic E-state index is 13.4. The number of ketones is 1. The second-order valence-electron chi connectivity index (χ2n) is 4.33. The van der Waals surface area contributed by atoms with Gasteiger partial charge in [0.05, 0.1) is 6.54 Å². The van der Waals surface area contributed by atoms with Crippen molar-refractivity contribution in [1.29, 1.82) is 0 Å². The standard InChI is InChI=1S/C13H17FN2O/c14-13-4-2-1-3-11(13)9-12(17)10-16-7-5-15-6-8-16/h1-4,15H,5-10H2. The summed E-state index contributed by atoms with van der Waals surface area (Å²) in [4.78, 5) is 13.9. The SMILES string of the molecule is O=C(Cc1ccccc1F)CN1CCNCC1. The molecule has 92 valence electrons. The number of benzene rings is 1. The van der Waals surface area contributed by atoms with Gasteiger partial charge in [-0.3, -0.25) is 9.69 Å². The van der Waals surface area contributed by atoms with Crippen LogP contribution in [0.2, 0.25) is 0 Å². The second kappa shape index (κ2) is 5.89. The van der Waals surface area contributed by atoms with Gasteiger partial charge < -0.3 is 5.32 Å². The van der Waals surface area contributed by atoms with Crippen molar-refractivity contribution in [2.45, 2.75) is 6.42 Å². The molecule has 0 saturated carbocycles. The highest BCUT2D eigenvalue weighted by molar-refractivity contribution is 5.82. The first-order valence-electron chi connectivity index (χ1n) is 5.94. The zero-order chi connectivity index (χ0) is 12.1. The van der Waals surface area contributed by atoms with E-state index in [1.807, 2.05) is 0 Å². The third-order valence-electron chi connectivity index (χ3n) is 2.96. The minimum atomic E-state index is -0.291. The largest absolute Gasteiger partial charge is 0.314 e. The molecule has 0 atom stereocenters. The zero-order valence-corrected chi connectivity index (χ0v) is 9.79. The molecule has 0 amide bonds. The van der Waals surface area contributed by atoms with Gasteiger partial charge in [-0.15, -0.1) is 0 Å². The molecule has 1 aliphatic heterocycles. The van der Waals surface area contributed by atoms with E-state index in [9.17, 15) is 9.18 Å². The Bertz CT molecular complexity index is 389. The van der Waals surface area contributed by atoms with Gasteiger partial charge in [0.25, 0.3) is 0 Å². The number of carbonyl (C=O) groups excluding carboxylic acids is 1. The molecule has 1 aromatic carbocycles. The summed E-state index contributed by atoms with van der Waals surface area (Å²) in [7, 11) is 0. The minimum absolute atomic E-state index is 0.0806. The van der Waals surface area contributed by atoms with Gasteiger partial charge in [0.15, 0.2) is 5.78 Å². The number of hydrogen-bond donors (Lipinski definition) is 1. The third-order valence-corrected chi connectivity index (χ3v) is 2.96. The van der Waals surface area contributed by atoms with Crippen molar-refractivity contribution in [2.24, 2.45) is 0 Å². The molecule has 1 N–H and O–H groups in total. The Balaban J connectivity index is 1.86. The maximum atomic E-state index is 13.4. The topological polar surface area (TPSA) is 32.3 Å². The summed E-state index contributed by atoms with van der Waals surface area (Å²) in [6.45, 7) is 4.06. The lowest BCUT2D eigenvalue weighted by Gasteiger charge is -2.26. The van der Waals surface area contributed by atoms with Gasteiger partial charge in [-0.1, -0.05) is 18.2 Å². The van der Waals surface area contributed by atoms with E-state index in [1.165, 1.54) is 6.07 Å². The first-order valence-corrected chi connectivity index (χ1v) is 5.94. The van der Waals surface area contributed by atoms with E-state index in [1.54, 1.807) is 18.2 Å². The molecular formula is C13H17FN2O. The number of rotatable bonds is 4. The van der Waals surface area contributed by atoms with Crippen molar-refractivity contribution in [3.8, 4) is 0 Å². The summed E-state index contributed by atoms with van der Waals surface area (Å²) >= 11 is 0. The van der Waals surface area contributed by atoms with Crippen LogP contribution in [-0.4, -0.2) is 43.4 Å². The molecule has 2 rings (SSSR count). The molecule has 1 heterocycles. The number of nitrogens with zero attached hydrogens (tertiary/aromatic N) is 1. The van der Waals surface area contributed by atoms with Crippen LogP contribution in [0, 0.1) is 5.82 Å². The second-order valence-corrected chi connectivity index (χ2v) is 4.33. The lowest BCUT2D eigenvalue weighted by molar-refractivity contribution is -0.119. The van der Waals surface area contributed by atoms with Crippen LogP contribution in [0.4, 0.5) is 4.39 Å². The van der Waals surface area contributed by atoms with Crippen molar-refractivity contribution in [3.63, 3.8) is 0 Å². The zero-order valence-electron chi connectivity index (χ0n) is 9.79. The fourth-order valence-corrected chi connectivity index (χ4v) is 2.03. The monoisotopic (exact) mass is 236 g/mol. The Morgan fingerprint density at radius 2 is 2.00 bits per heavy atom. The summed E-state index contributed by atoms with van der Waals surface area (Å²) in [5.41, 5.74) is 0.493. The average Bonchev–Trinajstić information content (AvgIpc) is 2.33. The quantitative estimate of drug-likeness (QED) is 0.841. The number of halogens is 1. The Kier molecular flexibility index (Phi) is 4.23. The van der Waals surface area contributed by atoms with Crippen LogP contribution in [0.5, 0.6) is 0 Å². The molecular weight excluding hydrogens is 219 g/mol. The Hall–Kier alpha value is -1.26. The number of carbonyl (C=O) groups is 1. The molecule has 1 aromatic rings. The van der Waals surface area contributed by atoms with Crippen molar-refractivity contribution in [2.75, 3.05) is 32.7 Å². The van der Waals surface area contributed by atoms with Crippen LogP contribution in [0.3, 0.4) is 0 Å². The normalized spacial score (nSPS) is 17.0. The van der Waals surface area contributed by atoms with Crippen LogP contribution < -0.4 is 5.32 Å². The van der Waals surface area contributed by atoms with Crippen LogP contribution in [0.25, 0.3) is 0 Å². The van der Waals surface area contributed by atoms with Gasteiger partial charge in [0.1, 0.15) is 5.82 Å². The summed E-state index contributed by atoms with van der Waals surface area (Å²) in [5, 5.41) is 3.23. The molecule has 1 saturated heterocycles. The summed E-state index contributed by atoms with van der Waals surface area (Å²) in [6, 6.07) is 6.47. The molecule has 1 fully saturated rings. The Labute approximate surface area is 101 Å². The molecule has 17 heavy (non-hydrogen) atoms. The molecule has 3 nitrogen and oxygen atoms in total. The van der Waals surface area contributed by atoms with Gasteiger partial charge in [0.2, 0.25) is 0 Å². The lowest BCUT2D eigenvalue weighted by Crippen LogP contribution is -2.45. The summed E-state index contributed by atoms with van der Waals surface area (Å²) in [5.74, 6) is -0.210. The third kappa shape index (κ3) is 3.61. The predicted molar refractivity (Wildman–Crippen MR) is 64.4 cm³/mol. The molecule has 0 aromatic heterocycles.